The summed E-state index contributed by atoms with van der Waals surface area (Å²) in [7, 11) is 0. The van der Waals surface area contributed by atoms with E-state index in [0.29, 0.717) is 6.04 Å². The van der Waals surface area contributed by atoms with Gasteiger partial charge in [-0.25, -0.2) is 4.39 Å². The average molecular weight is 206 g/mol. The van der Waals surface area contributed by atoms with Crippen molar-refractivity contribution >= 4 is 5.69 Å². The molecule has 0 amide bonds. The van der Waals surface area contributed by atoms with Crippen LogP contribution in [0.4, 0.5) is 10.1 Å². The number of hydrogen-bond acceptors (Lipinski definition) is 2. The van der Waals surface area contributed by atoms with Crippen LogP contribution in [0.15, 0.2) is 18.2 Å². The molecule has 2 aliphatic heterocycles. The number of fused-ring (bicyclic) bond motifs is 3. The van der Waals surface area contributed by atoms with Gasteiger partial charge in [0.15, 0.2) is 0 Å². The summed E-state index contributed by atoms with van der Waals surface area (Å²) in [4.78, 5) is 2.35. The van der Waals surface area contributed by atoms with Crippen LogP contribution in [-0.2, 0) is 6.42 Å². The zero-order valence-corrected chi connectivity index (χ0v) is 8.62. The van der Waals surface area contributed by atoms with Gasteiger partial charge in [-0.15, -0.1) is 0 Å². The molecule has 0 spiro atoms. The predicted octanol–water partition coefficient (Wildman–Crippen LogP) is 1.68. The molecular weight excluding hydrogens is 191 g/mol. The van der Waals surface area contributed by atoms with E-state index in [4.69, 9.17) is 5.73 Å². The molecule has 2 nitrogen and oxygen atoms in total. The van der Waals surface area contributed by atoms with E-state index in [9.17, 15) is 4.39 Å². The van der Waals surface area contributed by atoms with Crippen LogP contribution in [-0.4, -0.2) is 18.6 Å². The number of benzene rings is 1. The third kappa shape index (κ3) is 1.42. The fraction of sp³-hybridized carbons (Fsp3) is 0.500. The Kier molecular flexibility index (Phi) is 1.96. The van der Waals surface area contributed by atoms with Crippen LogP contribution in [0.5, 0.6) is 0 Å². The van der Waals surface area contributed by atoms with Gasteiger partial charge in [-0.2, -0.15) is 0 Å². The Morgan fingerprint density at radius 2 is 2.20 bits per heavy atom. The molecule has 2 atom stereocenters. The molecule has 0 saturated carbocycles. The Balaban J connectivity index is 1.97. The smallest absolute Gasteiger partial charge is 0.123 e. The zero-order chi connectivity index (χ0) is 10.4. The SMILES string of the molecule is NC1CCC2Cc3cc(F)ccc3N2C1. The van der Waals surface area contributed by atoms with Gasteiger partial charge < -0.3 is 10.6 Å². The summed E-state index contributed by atoms with van der Waals surface area (Å²) in [5.41, 5.74) is 8.30. The van der Waals surface area contributed by atoms with Crippen molar-refractivity contribution in [1.29, 1.82) is 0 Å². The molecule has 1 aromatic carbocycles. The molecule has 1 aromatic rings. The van der Waals surface area contributed by atoms with Gasteiger partial charge in [-0.05, 0) is 43.0 Å². The Morgan fingerprint density at radius 1 is 1.33 bits per heavy atom. The number of hydrogen-bond donors (Lipinski definition) is 1. The van der Waals surface area contributed by atoms with Crippen molar-refractivity contribution in [3.63, 3.8) is 0 Å². The molecule has 0 bridgehead atoms. The first kappa shape index (κ1) is 9.16. The minimum absolute atomic E-state index is 0.127. The number of anilines is 1. The normalized spacial score (nSPS) is 28.8. The Hall–Kier alpha value is -1.09. The Bertz CT molecular complexity index is 391. The maximum absolute atomic E-state index is 13.1. The van der Waals surface area contributed by atoms with E-state index < -0.39 is 0 Å². The van der Waals surface area contributed by atoms with Crippen molar-refractivity contribution in [2.45, 2.75) is 31.3 Å². The highest BCUT2D eigenvalue weighted by molar-refractivity contribution is 5.60. The minimum atomic E-state index is -0.127. The van der Waals surface area contributed by atoms with Crippen molar-refractivity contribution in [3.05, 3.63) is 29.6 Å². The van der Waals surface area contributed by atoms with E-state index in [1.165, 1.54) is 5.69 Å². The molecule has 2 aliphatic rings. The van der Waals surface area contributed by atoms with Gasteiger partial charge in [-0.3, -0.25) is 0 Å². The second kappa shape index (κ2) is 3.20. The maximum atomic E-state index is 13.1. The quantitative estimate of drug-likeness (QED) is 0.699. The lowest BCUT2D eigenvalue weighted by Crippen LogP contribution is -2.47. The van der Waals surface area contributed by atoms with Crippen LogP contribution in [0.25, 0.3) is 0 Å². The topological polar surface area (TPSA) is 29.3 Å². The molecule has 2 unspecified atom stereocenters. The van der Waals surface area contributed by atoms with Crippen molar-refractivity contribution in [3.8, 4) is 0 Å². The second-order valence-electron chi connectivity index (χ2n) is 4.62. The summed E-state index contributed by atoms with van der Waals surface area (Å²) in [5, 5.41) is 0. The van der Waals surface area contributed by atoms with Crippen LogP contribution < -0.4 is 10.6 Å². The molecule has 1 fully saturated rings. The fourth-order valence-corrected chi connectivity index (χ4v) is 2.81. The molecule has 3 rings (SSSR count). The van der Waals surface area contributed by atoms with Crippen molar-refractivity contribution in [1.82, 2.24) is 0 Å². The summed E-state index contributed by atoms with van der Waals surface area (Å²) < 4.78 is 13.1. The molecule has 0 aromatic heterocycles. The number of nitrogens with zero attached hydrogens (tertiary/aromatic N) is 1. The van der Waals surface area contributed by atoms with Crippen LogP contribution in [0, 0.1) is 5.82 Å². The van der Waals surface area contributed by atoms with Crippen LogP contribution in [0.3, 0.4) is 0 Å². The monoisotopic (exact) mass is 206 g/mol. The number of halogens is 1. The van der Waals surface area contributed by atoms with E-state index in [-0.39, 0.29) is 11.9 Å². The fourth-order valence-electron chi connectivity index (χ4n) is 2.81. The summed E-state index contributed by atoms with van der Waals surface area (Å²) in [6.07, 6.45) is 3.22. The van der Waals surface area contributed by atoms with Gasteiger partial charge in [0.25, 0.3) is 0 Å². The molecule has 2 heterocycles. The van der Waals surface area contributed by atoms with E-state index in [0.717, 1.165) is 31.4 Å². The largest absolute Gasteiger partial charge is 0.366 e. The van der Waals surface area contributed by atoms with Gasteiger partial charge in [0, 0.05) is 24.3 Å². The minimum Gasteiger partial charge on any atom is -0.366 e. The molecule has 3 heteroatoms. The van der Waals surface area contributed by atoms with Crippen molar-refractivity contribution < 1.29 is 4.39 Å². The van der Waals surface area contributed by atoms with Crippen molar-refractivity contribution in [2.24, 2.45) is 5.73 Å². The summed E-state index contributed by atoms with van der Waals surface area (Å²) in [5.74, 6) is -0.127. The summed E-state index contributed by atoms with van der Waals surface area (Å²) in [6.45, 7) is 0.920. The number of nitrogens with two attached hydrogens (primary N) is 1. The van der Waals surface area contributed by atoms with Crippen LogP contribution in [0.1, 0.15) is 18.4 Å². The molecule has 80 valence electrons. The van der Waals surface area contributed by atoms with E-state index in [1.807, 2.05) is 6.07 Å². The highest BCUT2D eigenvalue weighted by Gasteiger charge is 2.33. The third-order valence-electron chi connectivity index (χ3n) is 3.55. The highest BCUT2D eigenvalue weighted by atomic mass is 19.1. The highest BCUT2D eigenvalue weighted by Crippen LogP contribution is 2.36. The van der Waals surface area contributed by atoms with Gasteiger partial charge in [-0.1, -0.05) is 0 Å². The molecule has 15 heavy (non-hydrogen) atoms. The van der Waals surface area contributed by atoms with E-state index >= 15 is 0 Å². The van der Waals surface area contributed by atoms with E-state index in [1.54, 1.807) is 12.1 Å². The summed E-state index contributed by atoms with van der Waals surface area (Å²) in [6, 6.07) is 5.93. The van der Waals surface area contributed by atoms with Crippen molar-refractivity contribution in [2.75, 3.05) is 11.4 Å². The second-order valence-corrected chi connectivity index (χ2v) is 4.62. The Morgan fingerprint density at radius 3 is 3.07 bits per heavy atom. The average Bonchev–Trinajstić information content (AvgIpc) is 2.54. The summed E-state index contributed by atoms with van der Waals surface area (Å²) >= 11 is 0. The van der Waals surface area contributed by atoms with Gasteiger partial charge in [0.2, 0.25) is 0 Å². The van der Waals surface area contributed by atoms with Crippen LogP contribution >= 0.6 is 0 Å². The first-order valence-electron chi connectivity index (χ1n) is 5.54. The molecular formula is C12H15FN2. The Labute approximate surface area is 88.9 Å². The number of rotatable bonds is 0. The van der Waals surface area contributed by atoms with Gasteiger partial charge in [0.1, 0.15) is 5.82 Å². The first-order chi connectivity index (χ1) is 7.24. The zero-order valence-electron chi connectivity index (χ0n) is 8.62. The standard InChI is InChI=1S/C12H15FN2/c13-9-1-4-12-8(5-9)6-11-3-2-10(14)7-15(11)12/h1,4-5,10-11H,2-3,6-7,14H2. The lowest BCUT2D eigenvalue weighted by molar-refractivity contribution is 0.433. The molecule has 0 radical (unpaired) electrons. The third-order valence-corrected chi connectivity index (χ3v) is 3.55. The first-order valence-corrected chi connectivity index (χ1v) is 5.54. The molecule has 0 aliphatic carbocycles. The lowest BCUT2D eigenvalue weighted by atomic mass is 9.99. The lowest BCUT2D eigenvalue weighted by Gasteiger charge is -2.35. The molecule has 1 saturated heterocycles. The van der Waals surface area contributed by atoms with Crippen LogP contribution in [0.2, 0.25) is 0 Å². The molecule has 2 N–H and O–H groups in total. The predicted molar refractivity (Wildman–Crippen MR) is 58.4 cm³/mol. The number of piperidine rings is 1. The van der Waals surface area contributed by atoms with E-state index in [2.05, 4.69) is 4.90 Å². The van der Waals surface area contributed by atoms with Gasteiger partial charge in [0.05, 0.1) is 0 Å². The van der Waals surface area contributed by atoms with Gasteiger partial charge >= 0.3 is 0 Å². The maximum Gasteiger partial charge on any atom is 0.123 e.